The van der Waals surface area contributed by atoms with Gasteiger partial charge >= 0.3 is 0 Å². The van der Waals surface area contributed by atoms with Gasteiger partial charge in [-0.05, 0) is 28.5 Å². The highest BCUT2D eigenvalue weighted by atomic mass is 32.2. The van der Waals surface area contributed by atoms with Gasteiger partial charge in [0.05, 0.1) is 13.4 Å². The summed E-state index contributed by atoms with van der Waals surface area (Å²) >= 11 is 4.28. The first-order valence-corrected chi connectivity index (χ1v) is 10.8. The summed E-state index contributed by atoms with van der Waals surface area (Å²) in [7, 11) is -0.487. The van der Waals surface area contributed by atoms with Crippen molar-refractivity contribution in [1.29, 1.82) is 0 Å². The van der Waals surface area contributed by atoms with Crippen LogP contribution in [0.15, 0.2) is 24.3 Å². The molecule has 0 unspecified atom stereocenters. The summed E-state index contributed by atoms with van der Waals surface area (Å²) in [4.78, 5) is 0. The van der Waals surface area contributed by atoms with Crippen LogP contribution < -0.4 is 5.19 Å². The Labute approximate surface area is 122 Å². The lowest BCUT2D eigenvalue weighted by Gasteiger charge is -2.30. The number of benzene rings is 1. The third kappa shape index (κ3) is 3.37. The van der Waals surface area contributed by atoms with Crippen LogP contribution in [0.5, 0.6) is 0 Å². The highest BCUT2D eigenvalue weighted by molar-refractivity contribution is 8.16. The molecule has 3 heteroatoms. The molecule has 0 aromatic heterocycles. The zero-order valence-corrected chi connectivity index (χ0v) is 14.5. The van der Waals surface area contributed by atoms with Crippen LogP contribution >= 0.6 is 23.5 Å². The molecule has 1 aliphatic rings. The minimum absolute atomic E-state index is 0.435. The average Bonchev–Trinajstić information content (AvgIpc) is 2.38. The quantitative estimate of drug-likeness (QED) is 0.726. The van der Waals surface area contributed by atoms with Crippen LogP contribution in [0.1, 0.15) is 37.3 Å². The predicted molar refractivity (Wildman–Crippen MR) is 89.7 cm³/mol. The molecular formula is C15H23S2Si. The Morgan fingerprint density at radius 3 is 2.33 bits per heavy atom. The second-order valence-corrected chi connectivity index (χ2v) is 11.9. The summed E-state index contributed by atoms with van der Waals surface area (Å²) in [5.74, 6) is 2.65. The Kier molecular flexibility index (Phi) is 4.90. The molecule has 1 heterocycles. The monoisotopic (exact) mass is 295 g/mol. The number of rotatable bonds is 2. The Hall–Kier alpha value is 0.137. The largest absolute Gasteiger partial charge is 0.143 e. The fourth-order valence-corrected chi connectivity index (χ4v) is 7.10. The maximum Gasteiger partial charge on any atom is 0.0885 e. The topological polar surface area (TPSA) is 0 Å². The molecule has 1 aromatic carbocycles. The van der Waals surface area contributed by atoms with E-state index in [9.17, 15) is 0 Å². The van der Waals surface area contributed by atoms with Gasteiger partial charge in [-0.3, -0.25) is 0 Å². The van der Waals surface area contributed by atoms with Gasteiger partial charge in [0.25, 0.3) is 0 Å². The van der Waals surface area contributed by atoms with E-state index in [4.69, 9.17) is 0 Å². The van der Waals surface area contributed by atoms with E-state index in [1.165, 1.54) is 17.9 Å². The molecule has 0 amide bonds. The van der Waals surface area contributed by atoms with Gasteiger partial charge in [0, 0.05) is 0 Å². The number of hydrogen-bond donors (Lipinski definition) is 0. The minimum Gasteiger partial charge on any atom is -0.143 e. The lowest BCUT2D eigenvalue weighted by atomic mass is 10.2. The molecule has 0 nitrogen and oxygen atoms in total. The van der Waals surface area contributed by atoms with Crippen LogP contribution in [-0.2, 0) is 0 Å². The molecule has 0 atom stereocenters. The highest BCUT2D eigenvalue weighted by Gasteiger charge is 2.28. The summed E-state index contributed by atoms with van der Waals surface area (Å²) in [6.45, 7) is 9.64. The van der Waals surface area contributed by atoms with Crippen molar-refractivity contribution in [2.45, 2.75) is 43.4 Å². The van der Waals surface area contributed by atoms with Crippen LogP contribution in [0.4, 0.5) is 0 Å². The average molecular weight is 296 g/mol. The minimum atomic E-state index is -0.487. The first-order chi connectivity index (χ1) is 8.50. The summed E-state index contributed by atoms with van der Waals surface area (Å²) in [5.41, 5.74) is 1.61. The normalized spacial score (nSPS) is 18.3. The first-order valence-electron chi connectivity index (χ1n) is 6.66. The Balaban J connectivity index is 2.30. The van der Waals surface area contributed by atoms with E-state index in [0.29, 0.717) is 9.62 Å². The van der Waals surface area contributed by atoms with E-state index < -0.39 is 8.80 Å². The van der Waals surface area contributed by atoms with Crippen molar-refractivity contribution in [1.82, 2.24) is 0 Å². The standard InChI is InChI=1S/C15H23S2Si/c1-15(2,3)18(4)13-9-6-5-8-12(13)14-16-10-7-11-17-14/h5-6,8-9,14H,7,10-11H2,1-4H3. The molecular weight excluding hydrogens is 272 g/mol. The van der Waals surface area contributed by atoms with E-state index in [-0.39, 0.29) is 0 Å². The lowest BCUT2D eigenvalue weighted by molar-refractivity contribution is 0.746. The van der Waals surface area contributed by atoms with E-state index in [0.717, 1.165) is 0 Å². The Morgan fingerprint density at radius 1 is 1.11 bits per heavy atom. The van der Waals surface area contributed by atoms with E-state index in [1.807, 2.05) is 0 Å². The van der Waals surface area contributed by atoms with Gasteiger partial charge in [-0.1, -0.05) is 56.8 Å². The summed E-state index contributed by atoms with van der Waals surface area (Å²) in [5, 5.41) is 2.09. The van der Waals surface area contributed by atoms with Crippen molar-refractivity contribution in [3.63, 3.8) is 0 Å². The molecule has 1 saturated heterocycles. The van der Waals surface area contributed by atoms with Crippen molar-refractivity contribution in [3.8, 4) is 0 Å². The van der Waals surface area contributed by atoms with Crippen LogP contribution in [0.2, 0.25) is 11.6 Å². The van der Waals surface area contributed by atoms with Gasteiger partial charge in [-0.2, -0.15) is 0 Å². The molecule has 0 spiro atoms. The number of thioether (sulfide) groups is 2. The molecule has 1 radical (unpaired) electrons. The van der Waals surface area contributed by atoms with Gasteiger partial charge in [-0.25, -0.2) is 0 Å². The first kappa shape index (κ1) is 14.5. The third-order valence-electron chi connectivity index (χ3n) is 3.57. The Bertz CT molecular complexity index is 392. The highest BCUT2D eigenvalue weighted by Crippen LogP contribution is 2.43. The molecule has 2 rings (SSSR count). The second kappa shape index (κ2) is 6.06. The molecule has 0 saturated carbocycles. The molecule has 1 fully saturated rings. The molecule has 99 valence electrons. The molecule has 0 bridgehead atoms. The lowest BCUT2D eigenvalue weighted by Crippen LogP contribution is -2.38. The maximum absolute atomic E-state index is 2.47. The fraction of sp³-hybridized carbons (Fsp3) is 0.600. The second-order valence-electron chi connectivity index (χ2n) is 5.89. The summed E-state index contributed by atoms with van der Waals surface area (Å²) in [6.07, 6.45) is 1.37. The molecule has 18 heavy (non-hydrogen) atoms. The maximum atomic E-state index is 2.47. The molecule has 0 aliphatic carbocycles. The van der Waals surface area contributed by atoms with Gasteiger partial charge in [0.2, 0.25) is 0 Å². The number of hydrogen-bond acceptors (Lipinski definition) is 2. The predicted octanol–water partition coefficient (Wildman–Crippen LogP) is 4.69. The van der Waals surface area contributed by atoms with Gasteiger partial charge in [0.1, 0.15) is 0 Å². The van der Waals surface area contributed by atoms with E-state index in [1.54, 1.807) is 10.8 Å². The smallest absolute Gasteiger partial charge is 0.0885 e. The molecule has 1 aliphatic heterocycles. The van der Waals surface area contributed by atoms with Crippen molar-refractivity contribution in [2.24, 2.45) is 0 Å². The van der Waals surface area contributed by atoms with Crippen molar-refractivity contribution >= 4 is 37.5 Å². The summed E-state index contributed by atoms with van der Waals surface area (Å²) in [6, 6.07) is 9.18. The van der Waals surface area contributed by atoms with Gasteiger partial charge in [0.15, 0.2) is 0 Å². The SMILES string of the molecule is C[Si](c1ccccc1C1SCCCS1)C(C)(C)C. The van der Waals surface area contributed by atoms with Crippen LogP contribution in [-0.4, -0.2) is 20.3 Å². The zero-order chi connectivity index (χ0) is 13.2. The molecule has 1 aromatic rings. The van der Waals surface area contributed by atoms with Crippen LogP contribution in [0.25, 0.3) is 0 Å². The van der Waals surface area contributed by atoms with E-state index >= 15 is 0 Å². The van der Waals surface area contributed by atoms with Crippen molar-refractivity contribution in [2.75, 3.05) is 11.5 Å². The van der Waals surface area contributed by atoms with Crippen molar-refractivity contribution in [3.05, 3.63) is 29.8 Å². The van der Waals surface area contributed by atoms with Crippen LogP contribution in [0, 0.1) is 0 Å². The van der Waals surface area contributed by atoms with Crippen LogP contribution in [0.3, 0.4) is 0 Å². The van der Waals surface area contributed by atoms with Gasteiger partial charge < -0.3 is 0 Å². The summed E-state index contributed by atoms with van der Waals surface area (Å²) < 4.78 is 0.678. The van der Waals surface area contributed by atoms with Crippen molar-refractivity contribution < 1.29 is 0 Å². The fourth-order valence-electron chi connectivity index (χ4n) is 2.12. The molecule has 0 N–H and O–H groups in total. The Morgan fingerprint density at radius 2 is 1.72 bits per heavy atom. The van der Waals surface area contributed by atoms with E-state index in [2.05, 4.69) is 75.1 Å². The zero-order valence-electron chi connectivity index (χ0n) is 11.8. The van der Waals surface area contributed by atoms with Gasteiger partial charge in [-0.15, -0.1) is 23.5 Å². The third-order valence-corrected chi connectivity index (χ3v) is 10.1.